The lowest BCUT2D eigenvalue weighted by Gasteiger charge is -2.28. The molecule has 1 aliphatic rings. The molecule has 0 spiro atoms. The van der Waals surface area contributed by atoms with Crippen molar-refractivity contribution in [3.8, 4) is 17.0 Å². The summed E-state index contributed by atoms with van der Waals surface area (Å²) in [7, 11) is 1.74. The van der Waals surface area contributed by atoms with E-state index in [-0.39, 0.29) is 0 Å². The van der Waals surface area contributed by atoms with Crippen molar-refractivity contribution in [3.63, 3.8) is 0 Å². The van der Waals surface area contributed by atoms with Crippen LogP contribution in [0.3, 0.4) is 0 Å². The minimum atomic E-state index is 0.536. The zero-order valence-electron chi connectivity index (χ0n) is 12.7. The number of methoxy groups -OCH3 is 1. The van der Waals surface area contributed by atoms with Gasteiger partial charge in [0.1, 0.15) is 5.75 Å². The van der Waals surface area contributed by atoms with Gasteiger partial charge in [-0.25, -0.2) is 0 Å². The van der Waals surface area contributed by atoms with E-state index in [0.717, 1.165) is 22.6 Å². The molecule has 1 saturated carbocycles. The number of hydrogen-bond acceptors (Lipinski definition) is 3. The number of ether oxygens (including phenoxy) is 1. The number of hydrogen-bond donors (Lipinski definition) is 1. The maximum Gasteiger partial charge on any atom is 0.122 e. The standard InChI is InChI=1S/C18H22N2O/c1-12-16(14-4-3-5-14)9-15(10-18(12)21-2)17-8-13(11-19)6-7-20-17/h6-10,14H,3-5,11,19H2,1-2H3. The zero-order valence-corrected chi connectivity index (χ0v) is 12.7. The van der Waals surface area contributed by atoms with Crippen molar-refractivity contribution in [1.82, 2.24) is 4.98 Å². The molecule has 1 aromatic carbocycles. The molecule has 2 aromatic rings. The summed E-state index contributed by atoms with van der Waals surface area (Å²) in [6.45, 7) is 2.69. The van der Waals surface area contributed by atoms with Gasteiger partial charge >= 0.3 is 0 Å². The summed E-state index contributed by atoms with van der Waals surface area (Å²) in [4.78, 5) is 4.50. The summed E-state index contributed by atoms with van der Waals surface area (Å²) < 4.78 is 5.57. The molecule has 3 nitrogen and oxygen atoms in total. The van der Waals surface area contributed by atoms with Crippen molar-refractivity contribution in [2.45, 2.75) is 38.6 Å². The molecule has 3 heteroatoms. The molecule has 0 saturated heterocycles. The molecule has 0 atom stereocenters. The fourth-order valence-corrected chi connectivity index (χ4v) is 2.97. The van der Waals surface area contributed by atoms with Gasteiger partial charge in [0.15, 0.2) is 0 Å². The smallest absolute Gasteiger partial charge is 0.122 e. The minimum Gasteiger partial charge on any atom is -0.496 e. The van der Waals surface area contributed by atoms with E-state index in [1.165, 1.54) is 30.4 Å². The van der Waals surface area contributed by atoms with Crippen LogP contribution in [0.25, 0.3) is 11.3 Å². The maximum atomic E-state index is 5.73. The Morgan fingerprint density at radius 2 is 2.10 bits per heavy atom. The Morgan fingerprint density at radius 3 is 2.71 bits per heavy atom. The second-order valence-corrected chi connectivity index (χ2v) is 5.77. The van der Waals surface area contributed by atoms with Gasteiger partial charge in [0.2, 0.25) is 0 Å². The highest BCUT2D eigenvalue weighted by Gasteiger charge is 2.23. The summed E-state index contributed by atoms with van der Waals surface area (Å²) in [5.41, 5.74) is 11.6. The number of nitrogens with zero attached hydrogens (tertiary/aromatic N) is 1. The minimum absolute atomic E-state index is 0.536. The summed E-state index contributed by atoms with van der Waals surface area (Å²) in [6, 6.07) is 8.39. The van der Waals surface area contributed by atoms with Gasteiger partial charge in [0.05, 0.1) is 12.8 Å². The summed E-state index contributed by atoms with van der Waals surface area (Å²) >= 11 is 0. The van der Waals surface area contributed by atoms with Crippen LogP contribution in [-0.4, -0.2) is 12.1 Å². The highest BCUT2D eigenvalue weighted by molar-refractivity contribution is 5.65. The van der Waals surface area contributed by atoms with Crippen molar-refractivity contribution in [3.05, 3.63) is 47.2 Å². The van der Waals surface area contributed by atoms with Gasteiger partial charge in [0.25, 0.3) is 0 Å². The Labute approximate surface area is 126 Å². The topological polar surface area (TPSA) is 48.1 Å². The average Bonchev–Trinajstić information content (AvgIpc) is 2.47. The molecule has 3 rings (SSSR count). The fourth-order valence-electron chi connectivity index (χ4n) is 2.97. The van der Waals surface area contributed by atoms with Gasteiger partial charge in [0, 0.05) is 18.3 Å². The van der Waals surface area contributed by atoms with Crippen LogP contribution in [0.5, 0.6) is 5.75 Å². The predicted octanol–water partition coefficient (Wildman–Crippen LogP) is 3.79. The Hall–Kier alpha value is -1.87. The van der Waals surface area contributed by atoms with Crippen LogP contribution < -0.4 is 10.5 Å². The van der Waals surface area contributed by atoms with Gasteiger partial charge in [-0.3, -0.25) is 4.98 Å². The molecule has 1 aromatic heterocycles. The lowest BCUT2D eigenvalue weighted by Crippen LogP contribution is -2.11. The molecule has 0 amide bonds. The van der Waals surface area contributed by atoms with Gasteiger partial charge in [-0.15, -0.1) is 0 Å². The third kappa shape index (κ3) is 2.66. The molecule has 110 valence electrons. The summed E-state index contributed by atoms with van der Waals surface area (Å²) in [6.07, 6.45) is 5.72. The van der Waals surface area contributed by atoms with Crippen molar-refractivity contribution in [2.24, 2.45) is 5.73 Å². The maximum absolute atomic E-state index is 5.73. The fraction of sp³-hybridized carbons (Fsp3) is 0.389. The first-order valence-corrected chi connectivity index (χ1v) is 7.57. The second-order valence-electron chi connectivity index (χ2n) is 5.77. The largest absolute Gasteiger partial charge is 0.496 e. The highest BCUT2D eigenvalue weighted by atomic mass is 16.5. The van der Waals surface area contributed by atoms with Crippen LogP contribution in [0.4, 0.5) is 0 Å². The van der Waals surface area contributed by atoms with E-state index in [0.29, 0.717) is 12.5 Å². The van der Waals surface area contributed by atoms with Gasteiger partial charge in [-0.2, -0.15) is 0 Å². The quantitative estimate of drug-likeness (QED) is 0.928. The van der Waals surface area contributed by atoms with E-state index in [1.54, 1.807) is 7.11 Å². The van der Waals surface area contributed by atoms with Crippen LogP contribution in [0.2, 0.25) is 0 Å². The van der Waals surface area contributed by atoms with Crippen molar-refractivity contribution in [2.75, 3.05) is 7.11 Å². The molecule has 0 radical (unpaired) electrons. The molecule has 21 heavy (non-hydrogen) atoms. The molecule has 1 aliphatic carbocycles. The highest BCUT2D eigenvalue weighted by Crippen LogP contribution is 2.42. The van der Waals surface area contributed by atoms with Crippen molar-refractivity contribution in [1.29, 1.82) is 0 Å². The molecular weight excluding hydrogens is 260 g/mol. The average molecular weight is 282 g/mol. The first-order valence-electron chi connectivity index (χ1n) is 7.57. The van der Waals surface area contributed by atoms with Gasteiger partial charge < -0.3 is 10.5 Å². The van der Waals surface area contributed by atoms with Crippen LogP contribution in [0, 0.1) is 6.92 Å². The molecule has 2 N–H and O–H groups in total. The van der Waals surface area contributed by atoms with E-state index in [2.05, 4.69) is 30.1 Å². The van der Waals surface area contributed by atoms with Crippen molar-refractivity contribution < 1.29 is 4.74 Å². The Morgan fingerprint density at radius 1 is 1.29 bits per heavy atom. The van der Waals surface area contributed by atoms with Crippen LogP contribution in [0.1, 0.15) is 41.9 Å². The van der Waals surface area contributed by atoms with Gasteiger partial charge in [-0.05, 0) is 66.6 Å². The normalized spacial score (nSPS) is 14.8. The monoisotopic (exact) mass is 282 g/mol. The molecule has 0 bridgehead atoms. The van der Waals surface area contributed by atoms with E-state index < -0.39 is 0 Å². The number of aromatic nitrogens is 1. The number of benzene rings is 1. The molecular formula is C18H22N2O. The Balaban J connectivity index is 2.08. The Bertz CT molecular complexity index is 648. The van der Waals surface area contributed by atoms with Crippen LogP contribution in [0.15, 0.2) is 30.5 Å². The predicted molar refractivity (Wildman–Crippen MR) is 85.4 cm³/mol. The lowest BCUT2D eigenvalue weighted by atomic mass is 9.77. The molecule has 0 unspecified atom stereocenters. The van der Waals surface area contributed by atoms with E-state index in [1.807, 2.05) is 12.3 Å². The van der Waals surface area contributed by atoms with Crippen LogP contribution in [-0.2, 0) is 6.54 Å². The summed E-state index contributed by atoms with van der Waals surface area (Å²) in [5.74, 6) is 1.63. The molecule has 0 aliphatic heterocycles. The van der Waals surface area contributed by atoms with E-state index in [9.17, 15) is 0 Å². The third-order valence-electron chi connectivity index (χ3n) is 4.52. The van der Waals surface area contributed by atoms with Crippen molar-refractivity contribution >= 4 is 0 Å². The van der Waals surface area contributed by atoms with Gasteiger partial charge in [-0.1, -0.05) is 6.42 Å². The van der Waals surface area contributed by atoms with Crippen LogP contribution >= 0.6 is 0 Å². The number of pyridine rings is 1. The third-order valence-corrected chi connectivity index (χ3v) is 4.52. The summed E-state index contributed by atoms with van der Waals surface area (Å²) in [5, 5.41) is 0. The lowest BCUT2D eigenvalue weighted by molar-refractivity contribution is 0.398. The Kier molecular flexibility index (Phi) is 3.93. The first kappa shape index (κ1) is 14.1. The van der Waals surface area contributed by atoms with E-state index in [4.69, 9.17) is 10.5 Å². The second kappa shape index (κ2) is 5.86. The number of rotatable bonds is 4. The SMILES string of the molecule is COc1cc(-c2cc(CN)ccn2)cc(C2CCC2)c1C. The first-order chi connectivity index (χ1) is 10.2. The van der Waals surface area contributed by atoms with E-state index >= 15 is 0 Å². The number of nitrogens with two attached hydrogens (primary N) is 1. The molecule has 1 heterocycles. The zero-order chi connectivity index (χ0) is 14.8. The molecule has 1 fully saturated rings.